The first-order chi connectivity index (χ1) is 9.45. The Morgan fingerprint density at radius 2 is 1.85 bits per heavy atom. The molecular weight excluding hydrogens is 276 g/mol. The van der Waals surface area contributed by atoms with E-state index in [9.17, 15) is 8.42 Å². The molecule has 0 spiro atoms. The highest BCUT2D eigenvalue weighted by molar-refractivity contribution is 7.89. The molecule has 6 heteroatoms. The van der Waals surface area contributed by atoms with Gasteiger partial charge in [-0.15, -0.1) is 0 Å². The number of hydrogen-bond acceptors (Lipinski definition) is 4. The fourth-order valence-electron chi connectivity index (χ4n) is 2.31. The molecule has 1 heterocycles. The van der Waals surface area contributed by atoms with Crippen LogP contribution < -0.4 is 10.5 Å². The number of rotatable bonds is 5. The zero-order valence-corrected chi connectivity index (χ0v) is 12.6. The van der Waals surface area contributed by atoms with Gasteiger partial charge in [-0.3, -0.25) is 0 Å². The van der Waals surface area contributed by atoms with E-state index in [2.05, 4.69) is 4.72 Å². The van der Waals surface area contributed by atoms with Crippen molar-refractivity contribution in [2.24, 2.45) is 5.73 Å². The van der Waals surface area contributed by atoms with E-state index in [-0.39, 0.29) is 0 Å². The topological polar surface area (TPSA) is 81.4 Å². The maximum atomic E-state index is 12.4. The maximum absolute atomic E-state index is 12.4. The Balaban J connectivity index is 2.13. The molecule has 20 heavy (non-hydrogen) atoms. The van der Waals surface area contributed by atoms with E-state index in [1.165, 1.54) is 0 Å². The molecule has 3 N–H and O–H groups in total. The average molecular weight is 298 g/mol. The van der Waals surface area contributed by atoms with Gasteiger partial charge in [0.1, 0.15) is 0 Å². The van der Waals surface area contributed by atoms with Crippen molar-refractivity contribution in [3.8, 4) is 0 Å². The molecule has 1 aromatic carbocycles. The molecule has 1 aliphatic rings. The van der Waals surface area contributed by atoms with E-state index in [1.807, 2.05) is 19.1 Å². The van der Waals surface area contributed by atoms with Crippen LogP contribution >= 0.6 is 0 Å². The molecule has 1 fully saturated rings. The predicted octanol–water partition coefficient (Wildman–Crippen LogP) is 1.04. The lowest BCUT2D eigenvalue weighted by Gasteiger charge is -2.34. The van der Waals surface area contributed by atoms with Crippen LogP contribution in [0.1, 0.15) is 25.3 Å². The van der Waals surface area contributed by atoms with Gasteiger partial charge >= 0.3 is 0 Å². The number of nitrogens with one attached hydrogen (secondary N) is 1. The van der Waals surface area contributed by atoms with Gasteiger partial charge in [-0.25, -0.2) is 13.1 Å². The first-order valence-electron chi connectivity index (χ1n) is 6.86. The summed E-state index contributed by atoms with van der Waals surface area (Å²) in [4.78, 5) is 0.297. The first-order valence-corrected chi connectivity index (χ1v) is 8.34. The van der Waals surface area contributed by atoms with Crippen molar-refractivity contribution in [3.05, 3.63) is 29.8 Å². The summed E-state index contributed by atoms with van der Waals surface area (Å²) in [6.07, 6.45) is 2.14. The van der Waals surface area contributed by atoms with E-state index >= 15 is 0 Å². The molecule has 0 saturated carbocycles. The van der Waals surface area contributed by atoms with Crippen molar-refractivity contribution in [2.75, 3.05) is 19.8 Å². The van der Waals surface area contributed by atoms with Crippen molar-refractivity contribution in [1.82, 2.24) is 4.72 Å². The molecule has 0 amide bonds. The molecule has 1 aromatic rings. The second kappa shape index (κ2) is 6.22. The number of ether oxygens (including phenoxy) is 1. The van der Waals surface area contributed by atoms with E-state index in [0.717, 1.165) is 12.0 Å². The highest BCUT2D eigenvalue weighted by Gasteiger charge is 2.32. The molecular formula is C14H22N2O3S. The van der Waals surface area contributed by atoms with Crippen LogP contribution in [-0.2, 0) is 21.2 Å². The standard InChI is InChI=1S/C14H22N2O3S/c1-14(7-10-19-11-8-14)16-20(17,18)13-4-2-12(3-5-13)6-9-15/h2-5,16H,6-11,15H2,1H3. The number of benzene rings is 1. The quantitative estimate of drug-likeness (QED) is 0.851. The lowest BCUT2D eigenvalue weighted by Crippen LogP contribution is -2.49. The second-order valence-electron chi connectivity index (χ2n) is 5.46. The zero-order chi connectivity index (χ0) is 14.6. The first kappa shape index (κ1) is 15.4. The van der Waals surface area contributed by atoms with Gasteiger partial charge in [0.25, 0.3) is 0 Å². The fourth-order valence-corrected chi connectivity index (χ4v) is 3.77. The molecule has 1 saturated heterocycles. The molecule has 5 nitrogen and oxygen atoms in total. The molecule has 0 radical (unpaired) electrons. The third-order valence-corrected chi connectivity index (χ3v) is 5.30. The van der Waals surface area contributed by atoms with Gasteiger partial charge in [-0.1, -0.05) is 12.1 Å². The van der Waals surface area contributed by atoms with E-state index in [0.29, 0.717) is 37.5 Å². The van der Waals surface area contributed by atoms with Gasteiger partial charge in [0.2, 0.25) is 10.0 Å². The Kier molecular flexibility index (Phi) is 4.80. The number of hydrogen-bond donors (Lipinski definition) is 2. The van der Waals surface area contributed by atoms with Crippen molar-refractivity contribution in [2.45, 2.75) is 36.6 Å². The monoisotopic (exact) mass is 298 g/mol. The molecule has 2 rings (SSSR count). The van der Waals surface area contributed by atoms with Gasteiger partial charge < -0.3 is 10.5 Å². The van der Waals surface area contributed by atoms with Gasteiger partial charge in [0, 0.05) is 18.8 Å². The van der Waals surface area contributed by atoms with Crippen LogP contribution in [0.5, 0.6) is 0 Å². The Bertz CT molecular complexity index is 534. The van der Waals surface area contributed by atoms with Gasteiger partial charge in [-0.05, 0) is 50.4 Å². The van der Waals surface area contributed by atoms with Crippen molar-refractivity contribution < 1.29 is 13.2 Å². The minimum absolute atomic E-state index is 0.297. The zero-order valence-electron chi connectivity index (χ0n) is 11.8. The Morgan fingerprint density at radius 3 is 2.40 bits per heavy atom. The molecule has 1 aliphatic heterocycles. The van der Waals surface area contributed by atoms with Gasteiger partial charge in [-0.2, -0.15) is 0 Å². The summed E-state index contributed by atoms with van der Waals surface area (Å²) in [5.74, 6) is 0. The third-order valence-electron chi connectivity index (χ3n) is 3.64. The normalized spacial score (nSPS) is 18.9. The molecule has 0 bridgehead atoms. The summed E-state index contributed by atoms with van der Waals surface area (Å²) in [5.41, 5.74) is 6.10. The van der Waals surface area contributed by atoms with Crippen molar-refractivity contribution >= 4 is 10.0 Å². The summed E-state index contributed by atoms with van der Waals surface area (Å²) in [5, 5.41) is 0. The minimum atomic E-state index is -3.49. The third kappa shape index (κ3) is 3.79. The maximum Gasteiger partial charge on any atom is 0.241 e. The lowest BCUT2D eigenvalue weighted by atomic mass is 9.94. The predicted molar refractivity (Wildman–Crippen MR) is 78.0 cm³/mol. The molecule has 112 valence electrons. The highest BCUT2D eigenvalue weighted by atomic mass is 32.2. The summed E-state index contributed by atoms with van der Waals surface area (Å²) >= 11 is 0. The second-order valence-corrected chi connectivity index (χ2v) is 7.14. The van der Waals surface area contributed by atoms with Crippen molar-refractivity contribution in [3.63, 3.8) is 0 Å². The van der Waals surface area contributed by atoms with Gasteiger partial charge in [0.05, 0.1) is 4.90 Å². The van der Waals surface area contributed by atoms with Crippen LogP contribution in [0.2, 0.25) is 0 Å². The smallest absolute Gasteiger partial charge is 0.241 e. The summed E-state index contributed by atoms with van der Waals surface area (Å²) in [6, 6.07) is 6.90. The van der Waals surface area contributed by atoms with Crippen LogP contribution in [0.15, 0.2) is 29.2 Å². The van der Waals surface area contributed by atoms with Gasteiger partial charge in [0.15, 0.2) is 0 Å². The molecule has 0 unspecified atom stereocenters. The Morgan fingerprint density at radius 1 is 1.25 bits per heavy atom. The molecule has 0 aromatic heterocycles. The largest absolute Gasteiger partial charge is 0.381 e. The summed E-state index contributed by atoms with van der Waals surface area (Å²) in [6.45, 7) is 3.67. The van der Waals surface area contributed by atoms with Crippen LogP contribution in [-0.4, -0.2) is 33.7 Å². The average Bonchev–Trinajstić information content (AvgIpc) is 2.39. The van der Waals surface area contributed by atoms with Crippen LogP contribution in [0.25, 0.3) is 0 Å². The molecule has 0 aliphatic carbocycles. The van der Waals surface area contributed by atoms with Crippen LogP contribution in [0.4, 0.5) is 0 Å². The fraction of sp³-hybridized carbons (Fsp3) is 0.571. The van der Waals surface area contributed by atoms with E-state index in [1.54, 1.807) is 12.1 Å². The Labute approximate surface area is 120 Å². The Hall–Kier alpha value is -0.950. The number of nitrogens with two attached hydrogens (primary N) is 1. The minimum Gasteiger partial charge on any atom is -0.381 e. The van der Waals surface area contributed by atoms with Crippen LogP contribution in [0, 0.1) is 0 Å². The summed E-state index contributed by atoms with van der Waals surface area (Å²) in [7, 11) is -3.49. The SMILES string of the molecule is CC1(NS(=O)(=O)c2ccc(CCN)cc2)CCOCC1. The summed E-state index contributed by atoms with van der Waals surface area (Å²) < 4.78 is 32.9. The number of sulfonamides is 1. The van der Waals surface area contributed by atoms with Crippen LogP contribution in [0.3, 0.4) is 0 Å². The van der Waals surface area contributed by atoms with E-state index in [4.69, 9.17) is 10.5 Å². The highest BCUT2D eigenvalue weighted by Crippen LogP contribution is 2.23. The van der Waals surface area contributed by atoms with Crippen molar-refractivity contribution in [1.29, 1.82) is 0 Å². The van der Waals surface area contributed by atoms with E-state index < -0.39 is 15.6 Å². The molecule has 0 atom stereocenters. The lowest BCUT2D eigenvalue weighted by molar-refractivity contribution is 0.0537.